The number of carbonyl (C=O) groups excluding carboxylic acids is 1. The van der Waals surface area contributed by atoms with Gasteiger partial charge >= 0.3 is 0 Å². The van der Waals surface area contributed by atoms with Gasteiger partial charge in [-0.2, -0.15) is 9.83 Å². The molecule has 1 aliphatic rings. The fourth-order valence-corrected chi connectivity index (χ4v) is 4.75. The Balaban J connectivity index is 1.70. The Morgan fingerprint density at radius 2 is 2.17 bits per heavy atom. The number of carbonyl (C=O) groups is 1. The topological polar surface area (TPSA) is 99.2 Å². The summed E-state index contributed by atoms with van der Waals surface area (Å²) in [7, 11) is -3.75. The largest absolute Gasteiger partial charge is 0.619 e. The lowest BCUT2D eigenvalue weighted by Crippen LogP contribution is -2.32. The van der Waals surface area contributed by atoms with Crippen molar-refractivity contribution in [3.05, 3.63) is 41.6 Å². The molecule has 158 valence electrons. The summed E-state index contributed by atoms with van der Waals surface area (Å²) < 4.78 is 52.1. The zero-order valence-corrected chi connectivity index (χ0v) is 16.9. The molecule has 2 aromatic rings. The van der Waals surface area contributed by atoms with Crippen LogP contribution in [0.2, 0.25) is 0 Å². The van der Waals surface area contributed by atoms with Gasteiger partial charge in [-0.3, -0.25) is 4.79 Å². The van der Waals surface area contributed by atoms with Crippen LogP contribution in [-0.4, -0.2) is 48.1 Å². The number of anilines is 1. The standard InChI is InChI=1S/C18H22F2N4O4S/c1-3-23(17(25)6-8-29(27,28)12-14-9-18(14,19)20)16-11-24(21-13(16)2)15-5-4-7-22(26)10-15/h4-5,7,10-11,14H,3,6,8-9,12H2,1-2H3. The summed E-state index contributed by atoms with van der Waals surface area (Å²) in [5, 5.41) is 15.8. The van der Waals surface area contributed by atoms with Crippen molar-refractivity contribution in [2.45, 2.75) is 32.6 Å². The molecule has 0 aromatic carbocycles. The monoisotopic (exact) mass is 428 g/mol. The quantitative estimate of drug-likeness (QED) is 0.470. The van der Waals surface area contributed by atoms with Gasteiger partial charge in [-0.1, -0.05) is 0 Å². The Bertz CT molecular complexity index is 1020. The molecular weight excluding hydrogens is 406 g/mol. The number of aryl methyl sites for hydroxylation is 1. The molecule has 0 N–H and O–H groups in total. The summed E-state index contributed by atoms with van der Waals surface area (Å²) in [6.07, 6.45) is 3.54. The van der Waals surface area contributed by atoms with Crippen LogP contribution in [0.1, 0.15) is 25.5 Å². The lowest BCUT2D eigenvalue weighted by Gasteiger charge is -2.20. The van der Waals surface area contributed by atoms with Crippen LogP contribution >= 0.6 is 0 Å². The number of amides is 1. The van der Waals surface area contributed by atoms with E-state index in [1.807, 2.05) is 0 Å². The van der Waals surface area contributed by atoms with Gasteiger partial charge in [0.15, 0.2) is 16.0 Å². The van der Waals surface area contributed by atoms with Crippen LogP contribution < -0.4 is 9.63 Å². The number of pyridine rings is 1. The van der Waals surface area contributed by atoms with Crippen LogP contribution in [0.15, 0.2) is 30.7 Å². The van der Waals surface area contributed by atoms with Gasteiger partial charge in [0.05, 0.1) is 29.1 Å². The Morgan fingerprint density at radius 3 is 2.76 bits per heavy atom. The van der Waals surface area contributed by atoms with Gasteiger partial charge in [0.1, 0.15) is 5.69 Å². The van der Waals surface area contributed by atoms with Crippen molar-refractivity contribution in [3.63, 3.8) is 0 Å². The van der Waals surface area contributed by atoms with E-state index >= 15 is 0 Å². The third-order valence-electron chi connectivity index (χ3n) is 4.84. The van der Waals surface area contributed by atoms with E-state index in [2.05, 4.69) is 5.10 Å². The zero-order valence-electron chi connectivity index (χ0n) is 16.1. The number of aromatic nitrogens is 3. The fraction of sp³-hybridized carbons (Fsp3) is 0.500. The van der Waals surface area contributed by atoms with E-state index in [0.717, 1.165) is 0 Å². The molecular formula is C18H22F2N4O4S. The number of rotatable bonds is 8. The van der Waals surface area contributed by atoms with Gasteiger partial charge in [0.2, 0.25) is 12.1 Å². The highest BCUT2D eigenvalue weighted by atomic mass is 32.2. The predicted molar refractivity (Wildman–Crippen MR) is 102 cm³/mol. The van der Waals surface area contributed by atoms with Crippen molar-refractivity contribution in [2.75, 3.05) is 23.0 Å². The van der Waals surface area contributed by atoms with E-state index < -0.39 is 45.5 Å². The molecule has 3 rings (SSSR count). The molecule has 0 bridgehead atoms. The molecule has 0 radical (unpaired) electrons. The molecule has 0 spiro atoms. The first-order valence-corrected chi connectivity index (χ1v) is 11.0. The summed E-state index contributed by atoms with van der Waals surface area (Å²) >= 11 is 0. The molecule has 1 aliphatic carbocycles. The van der Waals surface area contributed by atoms with Crippen molar-refractivity contribution in [1.82, 2.24) is 9.78 Å². The number of alkyl halides is 2. The minimum absolute atomic E-state index is 0.280. The van der Waals surface area contributed by atoms with Crippen LogP contribution in [-0.2, 0) is 14.6 Å². The van der Waals surface area contributed by atoms with E-state index in [4.69, 9.17) is 0 Å². The van der Waals surface area contributed by atoms with Crippen molar-refractivity contribution >= 4 is 21.4 Å². The molecule has 2 aromatic heterocycles. The van der Waals surface area contributed by atoms with E-state index in [1.54, 1.807) is 32.2 Å². The molecule has 0 saturated heterocycles. The van der Waals surface area contributed by atoms with Crippen LogP contribution in [0.25, 0.3) is 5.69 Å². The molecule has 8 nitrogen and oxygen atoms in total. The smallest absolute Gasteiger partial charge is 0.252 e. The van der Waals surface area contributed by atoms with Gasteiger partial charge in [-0.05, 0) is 19.9 Å². The van der Waals surface area contributed by atoms with Crippen molar-refractivity contribution < 1.29 is 26.7 Å². The summed E-state index contributed by atoms with van der Waals surface area (Å²) in [4.78, 5) is 14.0. The summed E-state index contributed by atoms with van der Waals surface area (Å²) in [5.41, 5.74) is 1.53. The molecule has 1 amide bonds. The molecule has 11 heteroatoms. The van der Waals surface area contributed by atoms with Crippen LogP contribution in [0.5, 0.6) is 0 Å². The van der Waals surface area contributed by atoms with E-state index in [-0.39, 0.29) is 13.0 Å². The molecule has 1 atom stereocenters. The Labute approximate surface area is 167 Å². The van der Waals surface area contributed by atoms with Gasteiger partial charge in [0.25, 0.3) is 5.92 Å². The zero-order chi connectivity index (χ0) is 21.4. The van der Waals surface area contributed by atoms with E-state index in [1.165, 1.54) is 22.0 Å². The third-order valence-corrected chi connectivity index (χ3v) is 6.58. The minimum Gasteiger partial charge on any atom is -0.619 e. The van der Waals surface area contributed by atoms with Crippen LogP contribution in [0, 0.1) is 18.0 Å². The molecule has 0 aliphatic heterocycles. The second kappa shape index (κ2) is 7.69. The lowest BCUT2D eigenvalue weighted by atomic mass is 10.3. The molecule has 1 fully saturated rings. The van der Waals surface area contributed by atoms with Crippen molar-refractivity contribution in [1.29, 1.82) is 0 Å². The van der Waals surface area contributed by atoms with Crippen molar-refractivity contribution in [2.24, 2.45) is 5.92 Å². The summed E-state index contributed by atoms with van der Waals surface area (Å²) in [6.45, 7) is 3.71. The second-order valence-corrected chi connectivity index (χ2v) is 9.36. The molecule has 1 unspecified atom stereocenters. The minimum atomic E-state index is -3.75. The second-order valence-electron chi connectivity index (χ2n) is 7.13. The maximum Gasteiger partial charge on any atom is 0.252 e. The van der Waals surface area contributed by atoms with Gasteiger partial charge < -0.3 is 10.1 Å². The highest BCUT2D eigenvalue weighted by molar-refractivity contribution is 7.91. The highest BCUT2D eigenvalue weighted by Crippen LogP contribution is 2.49. The Kier molecular flexibility index (Phi) is 5.61. The number of hydrogen-bond acceptors (Lipinski definition) is 5. The Morgan fingerprint density at radius 1 is 1.48 bits per heavy atom. The predicted octanol–water partition coefficient (Wildman–Crippen LogP) is 1.63. The molecule has 1 saturated carbocycles. The highest BCUT2D eigenvalue weighted by Gasteiger charge is 2.58. The normalized spacial score (nSPS) is 17.9. The lowest BCUT2D eigenvalue weighted by molar-refractivity contribution is -0.605. The number of sulfone groups is 1. The van der Waals surface area contributed by atoms with Crippen LogP contribution in [0.4, 0.5) is 14.5 Å². The van der Waals surface area contributed by atoms with E-state index in [9.17, 15) is 27.2 Å². The fourth-order valence-electron chi connectivity index (χ4n) is 3.13. The number of halogens is 2. The maximum atomic E-state index is 13.0. The molecule has 2 heterocycles. The van der Waals surface area contributed by atoms with Gasteiger partial charge in [-0.15, -0.1) is 0 Å². The first-order chi connectivity index (χ1) is 13.5. The third kappa shape index (κ3) is 4.89. The first kappa shape index (κ1) is 21.2. The first-order valence-electron chi connectivity index (χ1n) is 9.16. The molecule has 29 heavy (non-hydrogen) atoms. The van der Waals surface area contributed by atoms with Gasteiger partial charge in [-0.25, -0.2) is 21.9 Å². The van der Waals surface area contributed by atoms with Crippen molar-refractivity contribution in [3.8, 4) is 5.69 Å². The average molecular weight is 428 g/mol. The van der Waals surface area contributed by atoms with Crippen LogP contribution in [0.3, 0.4) is 0 Å². The average Bonchev–Trinajstić information content (AvgIpc) is 3.04. The SMILES string of the molecule is CCN(C(=O)CCS(=O)(=O)CC1CC1(F)F)c1cn(-c2ccc[n+]([O-])c2)nc1C. The Hall–Kier alpha value is -2.56. The summed E-state index contributed by atoms with van der Waals surface area (Å²) in [5.74, 6) is -5.55. The summed E-state index contributed by atoms with van der Waals surface area (Å²) in [6, 6.07) is 3.25. The van der Waals surface area contributed by atoms with E-state index in [0.29, 0.717) is 21.8 Å². The maximum absolute atomic E-state index is 13.0. The number of nitrogens with zero attached hydrogens (tertiary/aromatic N) is 4. The number of hydrogen-bond donors (Lipinski definition) is 0. The van der Waals surface area contributed by atoms with Gasteiger partial charge in [0, 0.05) is 31.4 Å².